The molecule has 3 aliphatic rings. The lowest BCUT2D eigenvalue weighted by atomic mass is 9.74. The lowest BCUT2D eigenvalue weighted by molar-refractivity contribution is -0.125. The molecule has 0 radical (unpaired) electrons. The molecule has 2 saturated heterocycles. The monoisotopic (exact) mass is 194 g/mol. The summed E-state index contributed by atoms with van der Waals surface area (Å²) < 4.78 is 0. The highest BCUT2D eigenvalue weighted by molar-refractivity contribution is 5.85. The number of likely N-dealkylation sites (tertiary alicyclic amines) is 1. The number of nitrogens with one attached hydrogen (secondary N) is 1. The summed E-state index contributed by atoms with van der Waals surface area (Å²) in [6.07, 6.45) is 2.26. The van der Waals surface area contributed by atoms with Crippen molar-refractivity contribution in [1.29, 1.82) is 0 Å². The van der Waals surface area contributed by atoms with E-state index in [1.54, 1.807) is 6.92 Å². The van der Waals surface area contributed by atoms with Crippen LogP contribution in [0.2, 0.25) is 0 Å². The second-order valence-electron chi connectivity index (χ2n) is 5.59. The minimum Gasteiger partial charge on any atom is -0.315 e. The molecule has 0 aromatic heterocycles. The molecule has 78 valence electrons. The zero-order chi connectivity index (χ0) is 9.81. The Balaban J connectivity index is 1.53. The van der Waals surface area contributed by atoms with Crippen molar-refractivity contribution in [3.8, 4) is 0 Å². The molecule has 2 heterocycles. The van der Waals surface area contributed by atoms with Crippen LogP contribution in [0.5, 0.6) is 0 Å². The van der Waals surface area contributed by atoms with Crippen molar-refractivity contribution in [3.63, 3.8) is 0 Å². The average Bonchev–Trinajstić information content (AvgIpc) is 2.72. The molecule has 14 heavy (non-hydrogen) atoms. The predicted molar refractivity (Wildman–Crippen MR) is 54.1 cm³/mol. The predicted octanol–water partition coefficient (Wildman–Crippen LogP) is 0.261. The highest BCUT2D eigenvalue weighted by Gasteiger charge is 2.54. The minimum atomic E-state index is 0.0821. The Bertz CT molecular complexity index is 271. The minimum absolute atomic E-state index is 0.0821. The largest absolute Gasteiger partial charge is 0.315 e. The first kappa shape index (κ1) is 8.86. The van der Waals surface area contributed by atoms with Gasteiger partial charge in [-0.25, -0.2) is 0 Å². The summed E-state index contributed by atoms with van der Waals surface area (Å²) in [5.41, 5.74) is 0.686. The van der Waals surface area contributed by atoms with Crippen molar-refractivity contribution in [2.45, 2.75) is 19.8 Å². The zero-order valence-electron chi connectivity index (χ0n) is 8.81. The average molecular weight is 194 g/mol. The summed E-state index contributed by atoms with van der Waals surface area (Å²) in [6.45, 7) is 7.61. The molecule has 0 aromatic carbocycles. The Labute approximate surface area is 84.8 Å². The molecule has 0 amide bonds. The first-order valence-electron chi connectivity index (χ1n) is 5.58. The van der Waals surface area contributed by atoms with Gasteiger partial charge in [0, 0.05) is 43.6 Å². The van der Waals surface area contributed by atoms with E-state index >= 15 is 0 Å². The van der Waals surface area contributed by atoms with Crippen molar-refractivity contribution in [1.82, 2.24) is 10.2 Å². The molecule has 1 spiro atoms. The third-order valence-corrected chi connectivity index (χ3v) is 4.24. The lowest BCUT2D eigenvalue weighted by Gasteiger charge is -2.56. The van der Waals surface area contributed by atoms with Crippen LogP contribution in [-0.2, 0) is 4.79 Å². The molecule has 3 fully saturated rings. The van der Waals surface area contributed by atoms with Crippen LogP contribution in [-0.4, -0.2) is 43.4 Å². The van der Waals surface area contributed by atoms with Gasteiger partial charge in [0.1, 0.15) is 5.78 Å². The van der Waals surface area contributed by atoms with Gasteiger partial charge in [-0.3, -0.25) is 4.79 Å². The molecule has 0 unspecified atom stereocenters. The third kappa shape index (κ3) is 1.15. The van der Waals surface area contributed by atoms with Crippen molar-refractivity contribution in [2.75, 3.05) is 32.7 Å². The van der Waals surface area contributed by atoms with Gasteiger partial charge < -0.3 is 10.2 Å². The summed E-state index contributed by atoms with van der Waals surface area (Å²) in [5, 5.41) is 3.33. The molecule has 1 saturated carbocycles. The number of Topliss-reactive ketones (excluding diaryl/α,β-unsaturated/α-hetero) is 1. The van der Waals surface area contributed by atoms with Gasteiger partial charge >= 0.3 is 0 Å². The molecular weight excluding hydrogens is 176 g/mol. The van der Waals surface area contributed by atoms with E-state index in [-0.39, 0.29) is 5.41 Å². The zero-order valence-corrected chi connectivity index (χ0v) is 8.81. The van der Waals surface area contributed by atoms with Crippen molar-refractivity contribution < 1.29 is 4.79 Å². The first-order valence-corrected chi connectivity index (χ1v) is 5.58. The summed E-state index contributed by atoms with van der Waals surface area (Å²) in [6, 6.07) is 0. The normalized spacial score (nSPS) is 32.1. The molecule has 1 aliphatic carbocycles. The van der Waals surface area contributed by atoms with E-state index in [4.69, 9.17) is 0 Å². The van der Waals surface area contributed by atoms with E-state index in [1.807, 2.05) is 0 Å². The van der Waals surface area contributed by atoms with E-state index in [0.29, 0.717) is 11.2 Å². The van der Waals surface area contributed by atoms with E-state index in [0.717, 1.165) is 19.4 Å². The fourth-order valence-electron chi connectivity index (χ4n) is 2.92. The van der Waals surface area contributed by atoms with Gasteiger partial charge in [0.05, 0.1) is 0 Å². The van der Waals surface area contributed by atoms with Crippen LogP contribution < -0.4 is 5.32 Å². The van der Waals surface area contributed by atoms with Crippen LogP contribution in [0.3, 0.4) is 0 Å². The molecular formula is C11H18N2O. The van der Waals surface area contributed by atoms with Gasteiger partial charge in [0.15, 0.2) is 0 Å². The van der Waals surface area contributed by atoms with Crippen LogP contribution in [0.15, 0.2) is 0 Å². The fraction of sp³-hybridized carbons (Fsp3) is 0.909. The van der Waals surface area contributed by atoms with Gasteiger partial charge in [0.2, 0.25) is 0 Å². The fourth-order valence-corrected chi connectivity index (χ4v) is 2.92. The van der Waals surface area contributed by atoms with Gasteiger partial charge in [-0.15, -0.1) is 0 Å². The molecule has 0 bridgehead atoms. The Morgan fingerprint density at radius 2 is 2.00 bits per heavy atom. The molecule has 3 heteroatoms. The number of rotatable bonds is 3. The second-order valence-corrected chi connectivity index (χ2v) is 5.59. The molecule has 0 aromatic rings. The topological polar surface area (TPSA) is 32.3 Å². The van der Waals surface area contributed by atoms with Gasteiger partial charge in [-0.1, -0.05) is 0 Å². The second kappa shape index (κ2) is 2.58. The highest BCUT2D eigenvalue weighted by atomic mass is 16.1. The van der Waals surface area contributed by atoms with E-state index < -0.39 is 0 Å². The summed E-state index contributed by atoms with van der Waals surface area (Å²) in [7, 11) is 0. The number of hydrogen-bond acceptors (Lipinski definition) is 3. The van der Waals surface area contributed by atoms with Crippen molar-refractivity contribution in [2.24, 2.45) is 10.8 Å². The molecule has 3 nitrogen and oxygen atoms in total. The molecule has 1 N–H and O–H groups in total. The Morgan fingerprint density at radius 3 is 2.36 bits per heavy atom. The van der Waals surface area contributed by atoms with Gasteiger partial charge in [-0.05, 0) is 19.8 Å². The number of ketones is 1. The van der Waals surface area contributed by atoms with Gasteiger partial charge in [-0.2, -0.15) is 0 Å². The number of nitrogens with zero attached hydrogens (tertiary/aromatic N) is 1. The third-order valence-electron chi connectivity index (χ3n) is 4.24. The number of carbonyl (C=O) groups excluding carboxylic acids is 1. The van der Waals surface area contributed by atoms with Crippen LogP contribution in [0, 0.1) is 10.8 Å². The Hall–Kier alpha value is -0.410. The van der Waals surface area contributed by atoms with Crippen LogP contribution >= 0.6 is 0 Å². The summed E-state index contributed by atoms with van der Waals surface area (Å²) >= 11 is 0. The smallest absolute Gasteiger partial charge is 0.137 e. The Kier molecular flexibility index (Phi) is 1.63. The first-order chi connectivity index (χ1) is 6.64. The molecule has 2 aliphatic heterocycles. The lowest BCUT2D eigenvalue weighted by Crippen LogP contribution is -2.71. The maximum atomic E-state index is 11.4. The Morgan fingerprint density at radius 1 is 1.36 bits per heavy atom. The van der Waals surface area contributed by atoms with Gasteiger partial charge in [0.25, 0.3) is 0 Å². The van der Waals surface area contributed by atoms with E-state index in [9.17, 15) is 4.79 Å². The SMILES string of the molecule is CC(=O)C1(CN2CC3(CNC3)C2)CC1. The van der Waals surface area contributed by atoms with Crippen LogP contribution in [0.1, 0.15) is 19.8 Å². The van der Waals surface area contributed by atoms with Crippen LogP contribution in [0.4, 0.5) is 0 Å². The van der Waals surface area contributed by atoms with Crippen LogP contribution in [0.25, 0.3) is 0 Å². The van der Waals surface area contributed by atoms with E-state index in [2.05, 4.69) is 10.2 Å². The standard InChI is InChI=1S/C11H18N2O/c1-9(14)11(2-3-11)8-13-6-10(7-13)4-12-5-10/h12H,2-8H2,1H3. The maximum Gasteiger partial charge on any atom is 0.137 e. The van der Waals surface area contributed by atoms with Crippen molar-refractivity contribution >= 4 is 5.78 Å². The quantitative estimate of drug-likeness (QED) is 0.699. The molecule has 0 atom stereocenters. The summed E-state index contributed by atoms with van der Waals surface area (Å²) in [5.74, 6) is 0.408. The number of hydrogen-bond donors (Lipinski definition) is 1. The highest BCUT2D eigenvalue weighted by Crippen LogP contribution is 2.49. The van der Waals surface area contributed by atoms with Crippen molar-refractivity contribution in [3.05, 3.63) is 0 Å². The summed E-state index contributed by atoms with van der Waals surface area (Å²) in [4.78, 5) is 13.9. The molecule has 3 rings (SSSR count). The van der Waals surface area contributed by atoms with E-state index in [1.165, 1.54) is 26.2 Å². The number of carbonyl (C=O) groups is 1. The maximum absolute atomic E-state index is 11.4.